The van der Waals surface area contributed by atoms with Crippen molar-refractivity contribution in [3.8, 4) is 5.75 Å². The number of benzene rings is 3. The number of fused-ring (bicyclic) bond motifs is 1. The number of hydrogen-bond acceptors (Lipinski definition) is 6. The zero-order valence-corrected chi connectivity index (χ0v) is 20.3. The van der Waals surface area contributed by atoms with Crippen LogP contribution in [0, 0.1) is 0 Å². The molecule has 8 nitrogen and oxygen atoms in total. The predicted octanol–water partition coefficient (Wildman–Crippen LogP) is 3.74. The first kappa shape index (κ1) is 24.4. The third-order valence-corrected chi connectivity index (χ3v) is 6.32. The molecule has 1 aromatic heterocycles. The first-order chi connectivity index (χ1) is 18.1. The molecule has 37 heavy (non-hydrogen) atoms. The third kappa shape index (κ3) is 5.92. The summed E-state index contributed by atoms with van der Waals surface area (Å²) in [5, 5.41) is 0.501. The number of aromatic amines is 1. The summed E-state index contributed by atoms with van der Waals surface area (Å²) in [5.41, 5.74) is 1.48. The first-order valence-electron chi connectivity index (χ1n) is 12.3. The molecule has 1 aliphatic rings. The lowest BCUT2D eigenvalue weighted by atomic mass is 10.0. The van der Waals surface area contributed by atoms with Crippen molar-refractivity contribution in [2.75, 3.05) is 19.8 Å². The van der Waals surface area contributed by atoms with E-state index in [9.17, 15) is 14.4 Å². The second-order valence-electron chi connectivity index (χ2n) is 8.95. The Hall–Kier alpha value is -4.30. The number of ketones is 1. The van der Waals surface area contributed by atoms with Gasteiger partial charge in [-0.1, -0.05) is 42.5 Å². The molecule has 2 heterocycles. The summed E-state index contributed by atoms with van der Waals surface area (Å²) in [4.78, 5) is 47.2. The zero-order valence-electron chi connectivity index (χ0n) is 20.3. The molecule has 1 fully saturated rings. The topological polar surface area (TPSA) is 102 Å². The number of H-pyrrole nitrogens is 1. The number of hydrogen-bond donors (Lipinski definition) is 1. The van der Waals surface area contributed by atoms with Crippen LogP contribution in [0.2, 0.25) is 0 Å². The molecular formula is C29H27N3O5. The van der Waals surface area contributed by atoms with E-state index in [1.165, 1.54) is 0 Å². The van der Waals surface area contributed by atoms with E-state index in [4.69, 9.17) is 9.47 Å². The van der Waals surface area contributed by atoms with Crippen molar-refractivity contribution in [1.82, 2.24) is 14.9 Å². The monoisotopic (exact) mass is 497 g/mol. The molecule has 8 heteroatoms. The van der Waals surface area contributed by atoms with E-state index < -0.39 is 0 Å². The van der Waals surface area contributed by atoms with Gasteiger partial charge in [0.2, 0.25) is 0 Å². The maximum atomic E-state index is 13.2. The lowest BCUT2D eigenvalue weighted by Crippen LogP contribution is -2.40. The van der Waals surface area contributed by atoms with Gasteiger partial charge in [-0.15, -0.1) is 0 Å². The van der Waals surface area contributed by atoms with E-state index in [2.05, 4.69) is 9.97 Å². The molecule has 0 saturated carbocycles. The van der Waals surface area contributed by atoms with Gasteiger partial charge in [0, 0.05) is 24.3 Å². The molecular weight excluding hydrogens is 470 g/mol. The number of aromatic nitrogens is 2. The van der Waals surface area contributed by atoms with E-state index in [0.717, 1.165) is 12.8 Å². The molecule has 3 aromatic carbocycles. The molecule has 1 aliphatic heterocycles. The fraction of sp³-hybridized carbons (Fsp3) is 0.241. The van der Waals surface area contributed by atoms with E-state index in [-0.39, 0.29) is 36.5 Å². The number of rotatable bonds is 9. The number of nitrogens with zero attached hydrogens (tertiary/aromatic N) is 2. The molecule has 5 rings (SSSR count). The van der Waals surface area contributed by atoms with Crippen LogP contribution in [0.5, 0.6) is 5.75 Å². The quantitative estimate of drug-likeness (QED) is 0.354. The fourth-order valence-corrected chi connectivity index (χ4v) is 4.37. The molecule has 1 saturated heterocycles. The van der Waals surface area contributed by atoms with Gasteiger partial charge in [0.05, 0.1) is 23.6 Å². The van der Waals surface area contributed by atoms with Gasteiger partial charge >= 0.3 is 0 Å². The second kappa shape index (κ2) is 11.2. The van der Waals surface area contributed by atoms with Crippen LogP contribution in [0.4, 0.5) is 0 Å². The minimum Gasteiger partial charge on any atom is -0.484 e. The summed E-state index contributed by atoms with van der Waals surface area (Å²) in [7, 11) is 0. The minimum atomic E-state index is -0.254. The molecule has 0 radical (unpaired) electrons. The van der Waals surface area contributed by atoms with Crippen molar-refractivity contribution in [1.29, 1.82) is 0 Å². The highest BCUT2D eigenvalue weighted by Gasteiger charge is 2.24. The Bertz CT molecular complexity index is 1440. The van der Waals surface area contributed by atoms with Crippen LogP contribution in [-0.4, -0.2) is 52.4 Å². The maximum Gasteiger partial charge on any atom is 0.261 e. The Morgan fingerprint density at radius 3 is 2.46 bits per heavy atom. The van der Waals surface area contributed by atoms with Crippen LogP contribution in [-0.2, 0) is 16.1 Å². The van der Waals surface area contributed by atoms with Crippen LogP contribution in [0.25, 0.3) is 10.9 Å². The lowest BCUT2D eigenvalue weighted by Gasteiger charge is -2.25. The molecule has 4 aromatic rings. The van der Waals surface area contributed by atoms with Crippen LogP contribution < -0.4 is 10.3 Å². The molecule has 0 spiro atoms. The highest BCUT2D eigenvalue weighted by molar-refractivity contribution is 6.09. The largest absolute Gasteiger partial charge is 0.484 e. The standard InChI is InChI=1S/C29H27N3O5/c33-27(19-37-22-14-12-21(13-15-22)28(34)20-7-2-1-3-8-20)32(17-23-9-6-16-36-23)18-26-30-25-11-5-4-10-24(25)29(35)31-26/h1-5,7-8,10-15,23H,6,9,16-19H2,(H,30,31,35)/t23-/m1/s1. The Labute approximate surface area is 213 Å². The third-order valence-electron chi connectivity index (χ3n) is 6.32. The normalized spacial score (nSPS) is 15.0. The minimum absolute atomic E-state index is 0.0700. The second-order valence-corrected chi connectivity index (χ2v) is 8.95. The van der Waals surface area contributed by atoms with E-state index in [1.54, 1.807) is 59.5 Å². The number of para-hydroxylation sites is 1. The van der Waals surface area contributed by atoms with Gasteiger partial charge in [-0.25, -0.2) is 4.98 Å². The Morgan fingerprint density at radius 2 is 1.70 bits per heavy atom. The van der Waals surface area contributed by atoms with Crippen LogP contribution in [0.1, 0.15) is 34.6 Å². The van der Waals surface area contributed by atoms with Gasteiger partial charge in [0.1, 0.15) is 11.6 Å². The van der Waals surface area contributed by atoms with Gasteiger partial charge < -0.3 is 19.4 Å². The van der Waals surface area contributed by atoms with Crippen LogP contribution >= 0.6 is 0 Å². The average Bonchev–Trinajstić information content (AvgIpc) is 3.45. The summed E-state index contributed by atoms with van der Waals surface area (Å²) >= 11 is 0. The number of carbonyl (C=O) groups is 2. The van der Waals surface area contributed by atoms with Crippen molar-refractivity contribution >= 4 is 22.6 Å². The van der Waals surface area contributed by atoms with E-state index >= 15 is 0 Å². The van der Waals surface area contributed by atoms with Crippen molar-refractivity contribution < 1.29 is 19.1 Å². The first-order valence-corrected chi connectivity index (χ1v) is 12.3. The smallest absolute Gasteiger partial charge is 0.261 e. The van der Waals surface area contributed by atoms with Gasteiger partial charge in [-0.3, -0.25) is 14.4 Å². The van der Waals surface area contributed by atoms with E-state index in [0.29, 0.717) is 46.8 Å². The highest BCUT2D eigenvalue weighted by Crippen LogP contribution is 2.18. The molecule has 1 amide bonds. The molecule has 0 bridgehead atoms. The van der Waals surface area contributed by atoms with Gasteiger partial charge in [0.25, 0.3) is 11.5 Å². The van der Waals surface area contributed by atoms with Gasteiger partial charge in [-0.2, -0.15) is 0 Å². The summed E-state index contributed by atoms with van der Waals surface area (Å²) in [6, 6.07) is 22.9. The predicted molar refractivity (Wildman–Crippen MR) is 139 cm³/mol. The molecule has 1 atom stereocenters. The number of carbonyl (C=O) groups excluding carboxylic acids is 2. The van der Waals surface area contributed by atoms with Gasteiger partial charge in [0.15, 0.2) is 12.4 Å². The maximum absolute atomic E-state index is 13.2. The number of nitrogens with one attached hydrogen (secondary N) is 1. The Morgan fingerprint density at radius 1 is 0.973 bits per heavy atom. The van der Waals surface area contributed by atoms with E-state index in [1.807, 2.05) is 24.3 Å². The number of ether oxygens (including phenoxy) is 2. The van der Waals surface area contributed by atoms with Crippen molar-refractivity contribution in [3.05, 3.63) is 106 Å². The summed E-state index contributed by atoms with van der Waals surface area (Å²) in [6.07, 6.45) is 1.74. The van der Waals surface area contributed by atoms with Crippen molar-refractivity contribution in [3.63, 3.8) is 0 Å². The van der Waals surface area contributed by atoms with Crippen LogP contribution in [0.15, 0.2) is 83.7 Å². The SMILES string of the molecule is O=C(c1ccccc1)c1ccc(OCC(=O)N(Cc2nc3ccccc3c(=O)[nH]2)C[C@H]2CCCO2)cc1. The van der Waals surface area contributed by atoms with Gasteiger partial charge in [-0.05, 0) is 49.2 Å². The zero-order chi connectivity index (χ0) is 25.6. The Balaban J connectivity index is 1.27. The molecule has 0 unspecified atom stereocenters. The highest BCUT2D eigenvalue weighted by atomic mass is 16.5. The van der Waals surface area contributed by atoms with Crippen molar-refractivity contribution in [2.24, 2.45) is 0 Å². The average molecular weight is 498 g/mol. The van der Waals surface area contributed by atoms with Crippen LogP contribution in [0.3, 0.4) is 0 Å². The lowest BCUT2D eigenvalue weighted by molar-refractivity contribution is -0.135. The summed E-state index contributed by atoms with van der Waals surface area (Å²) < 4.78 is 11.5. The van der Waals surface area contributed by atoms with Crippen molar-refractivity contribution in [2.45, 2.75) is 25.5 Å². The summed E-state index contributed by atoms with van der Waals surface area (Å²) in [6.45, 7) is 0.981. The summed E-state index contributed by atoms with van der Waals surface area (Å²) in [5.74, 6) is 0.546. The molecule has 0 aliphatic carbocycles. The fourth-order valence-electron chi connectivity index (χ4n) is 4.37. The number of amides is 1. The molecule has 1 N–H and O–H groups in total. The Kier molecular flexibility index (Phi) is 7.37. The molecule has 188 valence electrons.